The number of benzene rings is 1. The average Bonchev–Trinajstić information content (AvgIpc) is 3.39. The number of carbonyl (C=O) groups is 2. The molecule has 1 fully saturated rings. The number of hydrogen-bond donors (Lipinski definition) is 1. The number of aromatic nitrogens is 6. The Morgan fingerprint density at radius 2 is 2.03 bits per heavy atom. The molecule has 1 aliphatic rings. The second-order valence-electron chi connectivity index (χ2n) is 8.06. The van der Waals surface area contributed by atoms with Gasteiger partial charge in [-0.1, -0.05) is 31.4 Å². The van der Waals surface area contributed by atoms with Gasteiger partial charge in [0, 0.05) is 37.1 Å². The van der Waals surface area contributed by atoms with Gasteiger partial charge >= 0.3 is 0 Å². The number of nitrogens with one attached hydrogen (secondary N) is 1. The summed E-state index contributed by atoms with van der Waals surface area (Å²) in [7, 11) is 1.78. The van der Waals surface area contributed by atoms with Gasteiger partial charge in [0.15, 0.2) is 5.82 Å². The predicted octanol–water partition coefficient (Wildman–Crippen LogP) is 2.62. The Balaban J connectivity index is 1.46. The van der Waals surface area contributed by atoms with E-state index in [1.165, 1.54) is 6.42 Å². The first-order valence-electron chi connectivity index (χ1n) is 10.2. The molecule has 1 saturated carbocycles. The summed E-state index contributed by atoms with van der Waals surface area (Å²) in [4.78, 5) is 29.7. The summed E-state index contributed by atoms with van der Waals surface area (Å²) in [5.74, 6) is 0.119. The van der Waals surface area contributed by atoms with Crippen molar-refractivity contribution in [2.45, 2.75) is 45.1 Å². The third kappa shape index (κ3) is 4.45. The van der Waals surface area contributed by atoms with Gasteiger partial charge in [0.2, 0.25) is 11.7 Å². The SMILES string of the molecule is Cn1ccnc1C(=O)c1cccc(NC(=O)CC2(Cn3cnnn3)CCCCC2)c1. The van der Waals surface area contributed by atoms with E-state index < -0.39 is 0 Å². The molecule has 1 N–H and O–H groups in total. The number of aryl methyl sites for hydroxylation is 1. The number of nitrogens with zero attached hydrogens (tertiary/aromatic N) is 6. The first kappa shape index (κ1) is 19.9. The summed E-state index contributed by atoms with van der Waals surface area (Å²) >= 11 is 0. The van der Waals surface area contributed by atoms with Crippen LogP contribution in [-0.4, -0.2) is 41.4 Å². The third-order valence-corrected chi connectivity index (χ3v) is 5.77. The van der Waals surface area contributed by atoms with Crippen LogP contribution in [0.2, 0.25) is 0 Å². The van der Waals surface area contributed by atoms with Crippen LogP contribution in [0.5, 0.6) is 0 Å². The molecular weight excluding hydrogens is 382 g/mol. The number of amides is 1. The maximum Gasteiger partial charge on any atom is 0.228 e. The smallest absolute Gasteiger partial charge is 0.228 e. The number of carbonyl (C=O) groups excluding carboxylic acids is 2. The lowest BCUT2D eigenvalue weighted by Gasteiger charge is -2.36. The summed E-state index contributed by atoms with van der Waals surface area (Å²) in [6.45, 7) is 0.630. The summed E-state index contributed by atoms with van der Waals surface area (Å²) < 4.78 is 3.39. The molecule has 9 heteroatoms. The van der Waals surface area contributed by atoms with Crippen molar-refractivity contribution in [2.75, 3.05) is 5.32 Å². The van der Waals surface area contributed by atoms with Crippen molar-refractivity contribution in [1.82, 2.24) is 29.8 Å². The number of imidazole rings is 1. The van der Waals surface area contributed by atoms with Crippen LogP contribution in [0, 0.1) is 5.41 Å². The Labute approximate surface area is 174 Å². The van der Waals surface area contributed by atoms with Gasteiger partial charge in [0.05, 0.1) is 6.54 Å². The highest BCUT2D eigenvalue weighted by atomic mass is 16.1. The molecule has 1 aliphatic carbocycles. The van der Waals surface area contributed by atoms with Gasteiger partial charge in [0.1, 0.15) is 6.33 Å². The van der Waals surface area contributed by atoms with Crippen molar-refractivity contribution < 1.29 is 9.59 Å². The van der Waals surface area contributed by atoms with Gasteiger partial charge in [-0.3, -0.25) is 9.59 Å². The lowest BCUT2D eigenvalue weighted by molar-refractivity contribution is -0.119. The van der Waals surface area contributed by atoms with E-state index in [0.717, 1.165) is 25.7 Å². The lowest BCUT2D eigenvalue weighted by atomic mass is 9.71. The Morgan fingerprint density at radius 1 is 1.20 bits per heavy atom. The zero-order valence-corrected chi connectivity index (χ0v) is 17.0. The molecule has 9 nitrogen and oxygen atoms in total. The molecule has 2 aromatic heterocycles. The van der Waals surface area contributed by atoms with Gasteiger partial charge in [0.25, 0.3) is 0 Å². The molecule has 0 radical (unpaired) electrons. The summed E-state index contributed by atoms with van der Waals surface area (Å²) in [6, 6.07) is 6.99. The van der Waals surface area contributed by atoms with Crippen LogP contribution in [0.15, 0.2) is 43.0 Å². The molecule has 4 rings (SSSR count). The van der Waals surface area contributed by atoms with E-state index in [0.29, 0.717) is 30.0 Å². The minimum Gasteiger partial charge on any atom is -0.331 e. The fourth-order valence-electron chi connectivity index (χ4n) is 4.29. The number of tetrazole rings is 1. The maximum atomic E-state index is 12.9. The van der Waals surface area contributed by atoms with Gasteiger partial charge in [-0.2, -0.15) is 0 Å². The second-order valence-corrected chi connectivity index (χ2v) is 8.06. The van der Waals surface area contributed by atoms with Gasteiger partial charge in [-0.15, -0.1) is 5.10 Å². The fourth-order valence-corrected chi connectivity index (χ4v) is 4.29. The van der Waals surface area contributed by atoms with E-state index in [1.807, 2.05) is 0 Å². The first-order valence-corrected chi connectivity index (χ1v) is 10.2. The number of hydrogen-bond acceptors (Lipinski definition) is 6. The summed E-state index contributed by atoms with van der Waals surface area (Å²) in [5, 5.41) is 14.4. The summed E-state index contributed by atoms with van der Waals surface area (Å²) in [5.41, 5.74) is 0.939. The van der Waals surface area contributed by atoms with Crippen LogP contribution in [0.3, 0.4) is 0 Å². The second kappa shape index (κ2) is 8.56. The Hall–Kier alpha value is -3.36. The van der Waals surface area contributed by atoms with Crippen LogP contribution in [0.4, 0.5) is 5.69 Å². The quantitative estimate of drug-likeness (QED) is 0.603. The minimum absolute atomic E-state index is 0.0634. The number of ketones is 1. The highest BCUT2D eigenvalue weighted by Gasteiger charge is 2.35. The molecule has 3 aromatic rings. The zero-order valence-electron chi connectivity index (χ0n) is 17.0. The van der Waals surface area contributed by atoms with E-state index in [1.54, 1.807) is 59.3 Å². The van der Waals surface area contributed by atoms with Crippen molar-refractivity contribution in [2.24, 2.45) is 12.5 Å². The Kier molecular flexibility index (Phi) is 5.69. The summed E-state index contributed by atoms with van der Waals surface area (Å²) in [6.07, 6.45) is 10.6. The average molecular weight is 407 g/mol. The molecule has 30 heavy (non-hydrogen) atoms. The Bertz CT molecular complexity index is 1020. The van der Waals surface area contributed by atoms with E-state index in [4.69, 9.17) is 0 Å². The highest BCUT2D eigenvalue weighted by Crippen LogP contribution is 2.40. The fraction of sp³-hybridized carbons (Fsp3) is 0.429. The predicted molar refractivity (Wildman–Crippen MR) is 110 cm³/mol. The highest BCUT2D eigenvalue weighted by molar-refractivity contribution is 6.07. The van der Waals surface area contributed by atoms with Crippen LogP contribution in [-0.2, 0) is 18.4 Å². The van der Waals surface area contributed by atoms with E-state index >= 15 is 0 Å². The zero-order chi connectivity index (χ0) is 21.0. The normalized spacial score (nSPS) is 15.6. The van der Waals surface area contributed by atoms with E-state index in [-0.39, 0.29) is 17.1 Å². The molecular formula is C21H25N7O2. The number of rotatable bonds is 7. The van der Waals surface area contributed by atoms with Crippen molar-refractivity contribution in [3.8, 4) is 0 Å². The molecule has 0 saturated heterocycles. The Morgan fingerprint density at radius 3 is 2.73 bits per heavy atom. The van der Waals surface area contributed by atoms with Crippen LogP contribution in [0.1, 0.15) is 54.7 Å². The molecule has 0 bridgehead atoms. The van der Waals surface area contributed by atoms with Crippen molar-refractivity contribution in [3.05, 3.63) is 54.4 Å². The standard InChI is InChI=1S/C21H25N7O2/c1-27-11-10-22-20(27)19(30)16-6-5-7-17(12-16)24-18(29)13-21(8-3-2-4-9-21)14-28-15-23-25-26-28/h5-7,10-12,15H,2-4,8-9,13-14H2,1H3,(H,24,29). The molecule has 0 atom stereocenters. The van der Waals surface area contributed by atoms with Crippen molar-refractivity contribution in [3.63, 3.8) is 0 Å². The first-order chi connectivity index (χ1) is 14.5. The van der Waals surface area contributed by atoms with Gasteiger partial charge < -0.3 is 9.88 Å². The molecule has 0 spiro atoms. The van der Waals surface area contributed by atoms with Crippen molar-refractivity contribution in [1.29, 1.82) is 0 Å². The van der Waals surface area contributed by atoms with Crippen LogP contribution >= 0.6 is 0 Å². The van der Waals surface area contributed by atoms with E-state index in [9.17, 15) is 9.59 Å². The topological polar surface area (TPSA) is 108 Å². The molecule has 1 aromatic carbocycles. The maximum absolute atomic E-state index is 12.9. The number of anilines is 1. The largest absolute Gasteiger partial charge is 0.331 e. The lowest BCUT2D eigenvalue weighted by Crippen LogP contribution is -2.34. The van der Waals surface area contributed by atoms with Gasteiger partial charge in [-0.25, -0.2) is 9.67 Å². The molecule has 1 amide bonds. The third-order valence-electron chi connectivity index (χ3n) is 5.77. The van der Waals surface area contributed by atoms with Gasteiger partial charge in [-0.05, 0) is 40.8 Å². The minimum atomic E-state index is -0.180. The van der Waals surface area contributed by atoms with E-state index in [2.05, 4.69) is 25.8 Å². The molecule has 0 aliphatic heterocycles. The van der Waals surface area contributed by atoms with Crippen LogP contribution in [0.25, 0.3) is 0 Å². The monoisotopic (exact) mass is 407 g/mol. The molecule has 2 heterocycles. The molecule has 156 valence electrons. The van der Waals surface area contributed by atoms with Crippen molar-refractivity contribution >= 4 is 17.4 Å². The molecule has 0 unspecified atom stereocenters. The van der Waals surface area contributed by atoms with Crippen LogP contribution < -0.4 is 5.32 Å².